The fraction of sp³-hybridized carbons (Fsp3) is 0.647. The molecule has 0 aliphatic carbocycles. The molecule has 0 aliphatic heterocycles. The Labute approximate surface area is 121 Å². The summed E-state index contributed by atoms with van der Waals surface area (Å²) in [7, 11) is 0. The zero-order valence-electron chi connectivity index (χ0n) is 13.1. The van der Waals surface area contributed by atoms with Gasteiger partial charge in [-0.15, -0.1) is 0 Å². The molecule has 1 unspecified atom stereocenters. The molecule has 0 aliphatic rings. The van der Waals surface area contributed by atoms with E-state index in [2.05, 4.69) is 26.1 Å². The second-order valence-electron chi connectivity index (χ2n) is 6.39. The summed E-state index contributed by atoms with van der Waals surface area (Å²) in [5.74, 6) is -1.01. The summed E-state index contributed by atoms with van der Waals surface area (Å²) in [6.07, 6.45) is 4.86. The smallest absolute Gasteiger partial charge is 0.130 e. The van der Waals surface area contributed by atoms with Gasteiger partial charge in [-0.25, -0.2) is 8.78 Å². The molecule has 0 saturated carbocycles. The van der Waals surface area contributed by atoms with Crippen LogP contribution in [0.15, 0.2) is 18.2 Å². The van der Waals surface area contributed by atoms with E-state index < -0.39 is 11.6 Å². The molecule has 0 spiro atoms. The average molecular weight is 283 g/mol. The van der Waals surface area contributed by atoms with E-state index in [1.807, 2.05) is 6.92 Å². The highest BCUT2D eigenvalue weighted by atomic mass is 19.1. The highest BCUT2D eigenvalue weighted by Gasteiger charge is 2.19. The van der Waals surface area contributed by atoms with Crippen molar-refractivity contribution in [1.29, 1.82) is 0 Å². The fourth-order valence-corrected chi connectivity index (χ4v) is 2.33. The van der Waals surface area contributed by atoms with Crippen LogP contribution < -0.4 is 5.32 Å². The molecule has 0 radical (unpaired) electrons. The molecule has 114 valence electrons. The Kier molecular flexibility index (Phi) is 6.60. The first-order chi connectivity index (χ1) is 9.35. The molecule has 20 heavy (non-hydrogen) atoms. The van der Waals surface area contributed by atoms with Gasteiger partial charge in [-0.3, -0.25) is 0 Å². The second kappa shape index (κ2) is 7.72. The Morgan fingerprint density at radius 1 is 1.20 bits per heavy atom. The summed E-state index contributed by atoms with van der Waals surface area (Å²) in [4.78, 5) is 0. The van der Waals surface area contributed by atoms with Crippen LogP contribution in [0, 0.1) is 17.0 Å². The highest BCUT2D eigenvalue weighted by molar-refractivity contribution is 5.21. The van der Waals surface area contributed by atoms with E-state index in [9.17, 15) is 8.78 Å². The summed E-state index contributed by atoms with van der Waals surface area (Å²) in [6, 6.07) is 3.66. The van der Waals surface area contributed by atoms with Crippen molar-refractivity contribution in [2.24, 2.45) is 5.41 Å². The molecule has 1 rings (SSSR count). The summed E-state index contributed by atoms with van der Waals surface area (Å²) >= 11 is 0. The predicted octanol–water partition coefficient (Wildman–Crippen LogP) is 5.22. The minimum Gasteiger partial charge on any atom is -0.310 e. The number of nitrogens with one attached hydrogen (secondary N) is 1. The van der Waals surface area contributed by atoms with Crippen molar-refractivity contribution in [3.05, 3.63) is 35.4 Å². The van der Waals surface area contributed by atoms with Crippen LogP contribution in [0.1, 0.15) is 65.0 Å². The van der Waals surface area contributed by atoms with Gasteiger partial charge >= 0.3 is 0 Å². The molecule has 0 aromatic heterocycles. The zero-order chi connectivity index (χ0) is 15.2. The van der Waals surface area contributed by atoms with Gasteiger partial charge in [-0.1, -0.05) is 46.1 Å². The first-order valence-electron chi connectivity index (χ1n) is 7.54. The van der Waals surface area contributed by atoms with Crippen molar-refractivity contribution < 1.29 is 8.78 Å². The normalized spacial score (nSPS) is 13.5. The minimum atomic E-state index is -0.529. The lowest BCUT2D eigenvalue weighted by Gasteiger charge is -2.27. The first-order valence-corrected chi connectivity index (χ1v) is 7.54. The third kappa shape index (κ3) is 5.58. The molecule has 3 heteroatoms. The quantitative estimate of drug-likeness (QED) is 0.645. The number of benzene rings is 1. The largest absolute Gasteiger partial charge is 0.310 e. The molecule has 0 saturated heterocycles. The van der Waals surface area contributed by atoms with Crippen molar-refractivity contribution in [2.45, 2.75) is 59.4 Å². The van der Waals surface area contributed by atoms with Crippen LogP contribution in [0.3, 0.4) is 0 Å². The van der Waals surface area contributed by atoms with Gasteiger partial charge in [0.25, 0.3) is 0 Å². The van der Waals surface area contributed by atoms with Crippen molar-refractivity contribution in [3.8, 4) is 0 Å². The molecule has 1 atom stereocenters. The number of halogens is 2. The molecule has 0 amide bonds. The Balaban J connectivity index is 2.51. The van der Waals surface area contributed by atoms with Gasteiger partial charge < -0.3 is 5.32 Å². The van der Waals surface area contributed by atoms with Crippen LogP contribution in [0.2, 0.25) is 0 Å². The van der Waals surface area contributed by atoms with Crippen LogP contribution in [0.25, 0.3) is 0 Å². The Morgan fingerprint density at radius 2 is 1.90 bits per heavy atom. The van der Waals surface area contributed by atoms with Crippen LogP contribution in [-0.4, -0.2) is 6.54 Å². The van der Waals surface area contributed by atoms with Crippen molar-refractivity contribution in [1.82, 2.24) is 5.32 Å². The van der Waals surface area contributed by atoms with Gasteiger partial charge in [-0.05, 0) is 24.8 Å². The molecule has 0 fully saturated rings. The van der Waals surface area contributed by atoms with E-state index in [0.717, 1.165) is 19.0 Å². The van der Waals surface area contributed by atoms with Gasteiger partial charge in [0, 0.05) is 24.2 Å². The topological polar surface area (TPSA) is 12.0 Å². The van der Waals surface area contributed by atoms with Gasteiger partial charge in [0.15, 0.2) is 0 Å². The van der Waals surface area contributed by atoms with Crippen molar-refractivity contribution in [3.63, 3.8) is 0 Å². The number of unbranched alkanes of at least 4 members (excludes halogenated alkanes) is 2. The van der Waals surface area contributed by atoms with E-state index in [4.69, 9.17) is 0 Å². The van der Waals surface area contributed by atoms with Crippen LogP contribution in [-0.2, 0) is 0 Å². The Hall–Kier alpha value is -0.960. The molecular weight excluding hydrogens is 256 g/mol. The van der Waals surface area contributed by atoms with E-state index in [1.165, 1.54) is 31.4 Å². The fourth-order valence-electron chi connectivity index (χ4n) is 2.33. The molecule has 1 aromatic rings. The van der Waals surface area contributed by atoms with E-state index in [-0.39, 0.29) is 11.5 Å². The first kappa shape index (κ1) is 17.1. The number of hydrogen-bond donors (Lipinski definition) is 1. The third-order valence-electron chi connectivity index (χ3n) is 3.77. The predicted molar refractivity (Wildman–Crippen MR) is 80.7 cm³/mol. The molecule has 1 N–H and O–H groups in total. The zero-order valence-corrected chi connectivity index (χ0v) is 13.1. The SMILES string of the molecule is CCCCCC(C)(C)CNC(C)c1ccc(F)cc1F. The van der Waals surface area contributed by atoms with Gasteiger partial charge in [-0.2, -0.15) is 0 Å². The summed E-state index contributed by atoms with van der Waals surface area (Å²) < 4.78 is 26.6. The maximum absolute atomic E-state index is 13.7. The minimum absolute atomic E-state index is 0.110. The maximum atomic E-state index is 13.7. The summed E-state index contributed by atoms with van der Waals surface area (Å²) in [5.41, 5.74) is 0.718. The van der Waals surface area contributed by atoms with Crippen LogP contribution in [0.5, 0.6) is 0 Å². The lowest BCUT2D eigenvalue weighted by Crippen LogP contribution is -2.31. The number of hydrogen-bond acceptors (Lipinski definition) is 1. The van der Waals surface area contributed by atoms with E-state index in [1.54, 1.807) is 0 Å². The Bertz CT molecular complexity index is 415. The maximum Gasteiger partial charge on any atom is 0.130 e. The van der Waals surface area contributed by atoms with E-state index in [0.29, 0.717) is 5.56 Å². The van der Waals surface area contributed by atoms with Gasteiger partial charge in [0.05, 0.1) is 0 Å². The van der Waals surface area contributed by atoms with Crippen molar-refractivity contribution in [2.75, 3.05) is 6.54 Å². The third-order valence-corrected chi connectivity index (χ3v) is 3.77. The summed E-state index contributed by atoms with van der Waals surface area (Å²) in [6.45, 7) is 9.39. The molecular formula is C17H27F2N. The average Bonchev–Trinajstić information content (AvgIpc) is 2.36. The monoisotopic (exact) mass is 283 g/mol. The van der Waals surface area contributed by atoms with Crippen LogP contribution >= 0.6 is 0 Å². The number of rotatable bonds is 8. The second-order valence-corrected chi connectivity index (χ2v) is 6.39. The molecule has 1 nitrogen and oxygen atoms in total. The lowest BCUT2D eigenvalue weighted by atomic mass is 9.86. The standard InChI is InChI=1S/C17H27F2N/c1-5-6-7-10-17(3,4)12-20-13(2)15-9-8-14(18)11-16(15)19/h8-9,11,13,20H,5-7,10,12H2,1-4H3. The Morgan fingerprint density at radius 3 is 2.50 bits per heavy atom. The molecule has 0 heterocycles. The van der Waals surface area contributed by atoms with Crippen LogP contribution in [0.4, 0.5) is 8.78 Å². The van der Waals surface area contributed by atoms with Gasteiger partial charge in [0.1, 0.15) is 11.6 Å². The summed E-state index contributed by atoms with van der Waals surface area (Å²) in [5, 5.41) is 3.36. The van der Waals surface area contributed by atoms with Gasteiger partial charge in [0.2, 0.25) is 0 Å². The lowest BCUT2D eigenvalue weighted by molar-refractivity contribution is 0.289. The molecule has 1 aromatic carbocycles. The van der Waals surface area contributed by atoms with Crippen molar-refractivity contribution >= 4 is 0 Å². The highest BCUT2D eigenvalue weighted by Crippen LogP contribution is 2.25. The van der Waals surface area contributed by atoms with E-state index >= 15 is 0 Å². The molecule has 0 bridgehead atoms.